The Morgan fingerprint density at radius 3 is 2.00 bits per heavy atom. The molecule has 158 valence electrons. The second-order valence-electron chi connectivity index (χ2n) is 9.46. The Kier molecular flexibility index (Phi) is 5.14. The molecule has 2 aromatic rings. The summed E-state index contributed by atoms with van der Waals surface area (Å²) in [6.45, 7) is 10.2. The molecule has 30 heavy (non-hydrogen) atoms. The molecule has 0 unspecified atom stereocenters. The van der Waals surface area contributed by atoms with Crippen LogP contribution in [0.2, 0.25) is 0 Å². The summed E-state index contributed by atoms with van der Waals surface area (Å²) >= 11 is 0. The van der Waals surface area contributed by atoms with Crippen LogP contribution in [0.15, 0.2) is 72.8 Å². The van der Waals surface area contributed by atoms with Crippen LogP contribution >= 0.6 is 0 Å². The van der Waals surface area contributed by atoms with E-state index in [1.807, 2.05) is 12.1 Å². The largest absolute Gasteiger partial charge is 0.458 e. The zero-order chi connectivity index (χ0) is 21.6. The van der Waals surface area contributed by atoms with Gasteiger partial charge in [0.2, 0.25) is 0 Å². The van der Waals surface area contributed by atoms with Gasteiger partial charge in [0.15, 0.2) is 0 Å². The lowest BCUT2D eigenvalue weighted by Crippen LogP contribution is -2.58. The van der Waals surface area contributed by atoms with Gasteiger partial charge in [0, 0.05) is 12.7 Å². The molecule has 0 spiro atoms. The van der Waals surface area contributed by atoms with Crippen molar-refractivity contribution in [2.75, 3.05) is 7.11 Å². The van der Waals surface area contributed by atoms with Crippen molar-refractivity contribution in [2.45, 2.75) is 51.7 Å². The van der Waals surface area contributed by atoms with Crippen LogP contribution in [-0.2, 0) is 19.9 Å². The molecule has 0 aliphatic heterocycles. The standard InChI is InChI=1S/C27H32O3/c1-19(2)24(28)30-23-18-22-16-17-26(23,25(22,3)4)27(29-5,20-12-8-6-9-13-20)21-14-10-7-11-15-21/h6-15,22-23H,1,16-18H2,2-5H3/t22-,23-,26-/m1/s1. The number of carbonyl (C=O) groups excluding carboxylic acids is 1. The van der Waals surface area contributed by atoms with Gasteiger partial charge in [-0.2, -0.15) is 0 Å². The lowest BCUT2D eigenvalue weighted by atomic mass is 9.54. The molecule has 0 aromatic heterocycles. The number of esters is 1. The summed E-state index contributed by atoms with van der Waals surface area (Å²) in [5, 5.41) is 0. The van der Waals surface area contributed by atoms with Crippen LogP contribution < -0.4 is 0 Å². The Labute approximate surface area is 180 Å². The van der Waals surface area contributed by atoms with Crippen LogP contribution in [-0.4, -0.2) is 19.2 Å². The van der Waals surface area contributed by atoms with Gasteiger partial charge in [-0.05, 0) is 48.6 Å². The van der Waals surface area contributed by atoms with Gasteiger partial charge in [0.25, 0.3) is 0 Å². The highest BCUT2D eigenvalue weighted by Crippen LogP contribution is 2.74. The number of fused-ring (bicyclic) bond motifs is 2. The predicted molar refractivity (Wildman–Crippen MR) is 119 cm³/mol. The minimum absolute atomic E-state index is 0.0747. The summed E-state index contributed by atoms with van der Waals surface area (Å²) in [6, 6.07) is 20.9. The SMILES string of the molecule is C=C(C)C(=O)O[C@@H]1C[C@H]2CC[C@]1(C(OC)(c1ccccc1)c1ccccc1)C2(C)C. The van der Waals surface area contributed by atoms with E-state index in [4.69, 9.17) is 9.47 Å². The van der Waals surface area contributed by atoms with Gasteiger partial charge >= 0.3 is 5.97 Å². The van der Waals surface area contributed by atoms with E-state index in [1.165, 1.54) is 0 Å². The molecule has 2 saturated carbocycles. The van der Waals surface area contributed by atoms with Gasteiger partial charge in [-0.15, -0.1) is 0 Å². The Balaban J connectivity index is 2.00. The van der Waals surface area contributed by atoms with Gasteiger partial charge in [-0.25, -0.2) is 4.79 Å². The van der Waals surface area contributed by atoms with Crippen LogP contribution in [0.1, 0.15) is 51.2 Å². The third kappa shape index (κ3) is 2.64. The van der Waals surface area contributed by atoms with Crippen LogP contribution in [0.4, 0.5) is 0 Å². The highest BCUT2D eigenvalue weighted by atomic mass is 16.6. The molecule has 0 radical (unpaired) electrons. The fourth-order valence-corrected chi connectivity index (χ4v) is 6.58. The van der Waals surface area contributed by atoms with Gasteiger partial charge < -0.3 is 9.47 Å². The van der Waals surface area contributed by atoms with E-state index in [9.17, 15) is 4.79 Å². The maximum absolute atomic E-state index is 12.7. The first-order valence-electron chi connectivity index (χ1n) is 10.8. The minimum atomic E-state index is -0.732. The van der Waals surface area contributed by atoms with Crippen molar-refractivity contribution >= 4 is 5.97 Å². The molecule has 0 saturated heterocycles. The molecule has 0 amide bonds. The number of carbonyl (C=O) groups is 1. The number of benzene rings is 2. The van der Waals surface area contributed by atoms with E-state index in [-0.39, 0.29) is 17.5 Å². The lowest BCUT2D eigenvalue weighted by molar-refractivity contribution is -0.190. The quantitative estimate of drug-likeness (QED) is 0.445. The summed E-state index contributed by atoms with van der Waals surface area (Å²) in [4.78, 5) is 12.7. The fourth-order valence-electron chi connectivity index (χ4n) is 6.58. The predicted octanol–water partition coefficient (Wildman–Crippen LogP) is 5.89. The Morgan fingerprint density at radius 2 is 1.57 bits per heavy atom. The second-order valence-corrected chi connectivity index (χ2v) is 9.46. The van der Waals surface area contributed by atoms with Gasteiger partial charge in [0.05, 0.1) is 5.41 Å². The van der Waals surface area contributed by atoms with E-state index in [0.29, 0.717) is 11.5 Å². The third-order valence-corrected chi connectivity index (χ3v) is 8.00. The van der Waals surface area contributed by atoms with Crippen molar-refractivity contribution in [1.82, 2.24) is 0 Å². The molecule has 4 rings (SSSR count). The third-order valence-electron chi connectivity index (χ3n) is 8.00. The molecular weight excluding hydrogens is 372 g/mol. The second kappa shape index (κ2) is 7.39. The molecule has 3 heteroatoms. The molecule has 3 atom stereocenters. The average molecular weight is 405 g/mol. The van der Waals surface area contributed by atoms with Crippen LogP contribution in [0.3, 0.4) is 0 Å². The number of hydrogen-bond donors (Lipinski definition) is 0. The summed E-state index contributed by atoms with van der Waals surface area (Å²) in [5.74, 6) is 0.163. The van der Waals surface area contributed by atoms with Gasteiger partial charge in [-0.3, -0.25) is 0 Å². The van der Waals surface area contributed by atoms with Crippen molar-refractivity contribution in [3.05, 3.63) is 83.9 Å². The maximum Gasteiger partial charge on any atom is 0.333 e. The van der Waals surface area contributed by atoms with Crippen molar-refractivity contribution in [1.29, 1.82) is 0 Å². The molecule has 2 fully saturated rings. The number of ether oxygens (including phenoxy) is 2. The normalized spacial score (nSPS) is 27.1. The fraction of sp³-hybridized carbons (Fsp3) is 0.444. The van der Waals surface area contributed by atoms with Crippen molar-refractivity contribution < 1.29 is 14.3 Å². The molecule has 0 N–H and O–H groups in total. The van der Waals surface area contributed by atoms with E-state index in [2.05, 4.69) is 69.0 Å². The van der Waals surface area contributed by atoms with E-state index in [0.717, 1.165) is 30.4 Å². The van der Waals surface area contributed by atoms with Crippen molar-refractivity contribution in [3.63, 3.8) is 0 Å². The number of methoxy groups -OCH3 is 1. The first kappa shape index (κ1) is 20.9. The summed E-state index contributed by atoms with van der Waals surface area (Å²) in [7, 11) is 1.80. The van der Waals surface area contributed by atoms with Crippen LogP contribution in [0.25, 0.3) is 0 Å². The maximum atomic E-state index is 12.7. The summed E-state index contributed by atoms with van der Waals surface area (Å²) in [6.07, 6.45) is 2.67. The Hall–Kier alpha value is -2.39. The highest BCUT2D eigenvalue weighted by molar-refractivity contribution is 5.87. The van der Waals surface area contributed by atoms with Crippen LogP contribution in [0.5, 0.6) is 0 Å². The van der Waals surface area contributed by atoms with Crippen molar-refractivity contribution in [2.24, 2.45) is 16.7 Å². The molecular formula is C27H32O3. The first-order valence-corrected chi connectivity index (χ1v) is 10.8. The summed E-state index contributed by atoms with van der Waals surface area (Å²) in [5.41, 5.74) is 1.44. The average Bonchev–Trinajstić information content (AvgIpc) is 3.13. The minimum Gasteiger partial charge on any atom is -0.458 e. The van der Waals surface area contributed by atoms with E-state index >= 15 is 0 Å². The van der Waals surface area contributed by atoms with Gasteiger partial charge in [0.1, 0.15) is 11.7 Å². The monoisotopic (exact) mass is 404 g/mol. The summed E-state index contributed by atoms with van der Waals surface area (Å²) < 4.78 is 12.8. The molecule has 2 bridgehead atoms. The highest BCUT2D eigenvalue weighted by Gasteiger charge is 2.74. The smallest absolute Gasteiger partial charge is 0.333 e. The lowest BCUT2D eigenvalue weighted by Gasteiger charge is -2.55. The molecule has 0 heterocycles. The zero-order valence-electron chi connectivity index (χ0n) is 18.5. The van der Waals surface area contributed by atoms with E-state index in [1.54, 1.807) is 14.0 Å². The Morgan fingerprint density at radius 1 is 1.03 bits per heavy atom. The van der Waals surface area contributed by atoms with E-state index < -0.39 is 11.0 Å². The molecule has 3 nitrogen and oxygen atoms in total. The van der Waals surface area contributed by atoms with Crippen LogP contribution in [0, 0.1) is 16.7 Å². The number of hydrogen-bond acceptors (Lipinski definition) is 3. The molecule has 2 aliphatic carbocycles. The Bertz CT molecular complexity index is 892. The molecule has 2 aliphatic rings. The first-order chi connectivity index (χ1) is 14.3. The van der Waals surface area contributed by atoms with Crippen molar-refractivity contribution in [3.8, 4) is 0 Å². The zero-order valence-corrected chi connectivity index (χ0v) is 18.5. The van der Waals surface area contributed by atoms with Gasteiger partial charge in [-0.1, -0.05) is 81.1 Å². The number of rotatable bonds is 6. The topological polar surface area (TPSA) is 35.5 Å². The molecule has 2 aromatic carbocycles.